The molecule has 0 aliphatic heterocycles. The van der Waals surface area contributed by atoms with Crippen LogP contribution >= 0.6 is 0 Å². The Bertz CT molecular complexity index is 1630. The minimum atomic E-state index is -0.440. The second kappa shape index (κ2) is 12.3. The van der Waals surface area contributed by atoms with Gasteiger partial charge in [-0.3, -0.25) is 19.5 Å². The number of methoxy groups -OCH3 is 1. The molecule has 7 nitrogen and oxygen atoms in total. The number of halogens is 1. The number of carbonyl (C=O) groups is 2. The smallest absolute Gasteiger partial charge is 0.254 e. The van der Waals surface area contributed by atoms with Gasteiger partial charge in [0.1, 0.15) is 18.1 Å². The Morgan fingerprint density at radius 1 is 0.902 bits per heavy atom. The summed E-state index contributed by atoms with van der Waals surface area (Å²) in [5.41, 5.74) is 4.58. The summed E-state index contributed by atoms with van der Waals surface area (Å²) in [6, 6.07) is 30.0. The summed E-state index contributed by atoms with van der Waals surface area (Å²) in [6.07, 6.45) is 1.85. The van der Waals surface area contributed by atoms with Gasteiger partial charge in [-0.1, -0.05) is 48.0 Å². The van der Waals surface area contributed by atoms with Crippen LogP contribution in [0.1, 0.15) is 21.5 Å². The summed E-state index contributed by atoms with van der Waals surface area (Å²) in [5.74, 6) is -0.200. The van der Waals surface area contributed by atoms with Crippen LogP contribution in [0.4, 0.5) is 10.3 Å². The first kappa shape index (κ1) is 27.3. The molecule has 8 heteroatoms. The van der Waals surface area contributed by atoms with Crippen LogP contribution < -0.4 is 10.1 Å². The number of aryl methyl sites for hydroxylation is 1. The zero-order chi connectivity index (χ0) is 28.8. The summed E-state index contributed by atoms with van der Waals surface area (Å²) in [7, 11) is 1.61. The lowest BCUT2D eigenvalue weighted by Gasteiger charge is -2.22. The van der Waals surface area contributed by atoms with Crippen LogP contribution in [0.25, 0.3) is 16.9 Å². The van der Waals surface area contributed by atoms with Crippen molar-refractivity contribution in [3.05, 3.63) is 132 Å². The van der Waals surface area contributed by atoms with E-state index < -0.39 is 11.7 Å². The molecule has 1 aromatic heterocycles. The van der Waals surface area contributed by atoms with E-state index in [0.29, 0.717) is 11.6 Å². The molecule has 0 aliphatic carbocycles. The molecule has 5 aromatic rings. The fraction of sp³-hybridized carbons (Fsp3) is 0.121. The van der Waals surface area contributed by atoms with E-state index in [-0.39, 0.29) is 24.6 Å². The van der Waals surface area contributed by atoms with Crippen LogP contribution in [-0.4, -0.2) is 39.9 Å². The van der Waals surface area contributed by atoms with Gasteiger partial charge in [-0.25, -0.2) is 9.37 Å². The number of imidazole rings is 1. The Balaban J connectivity index is 1.43. The Labute approximate surface area is 237 Å². The Kier molecular flexibility index (Phi) is 8.20. The van der Waals surface area contributed by atoms with Crippen molar-refractivity contribution in [3.8, 4) is 22.7 Å². The van der Waals surface area contributed by atoms with E-state index in [0.717, 1.165) is 28.1 Å². The first-order valence-electron chi connectivity index (χ1n) is 13.1. The monoisotopic (exact) mass is 548 g/mol. The van der Waals surface area contributed by atoms with Crippen LogP contribution in [0.5, 0.6) is 5.75 Å². The molecule has 0 spiro atoms. The van der Waals surface area contributed by atoms with Crippen molar-refractivity contribution in [2.24, 2.45) is 0 Å². The predicted molar refractivity (Wildman–Crippen MR) is 157 cm³/mol. The number of aromatic nitrogens is 2. The van der Waals surface area contributed by atoms with Gasteiger partial charge in [0.2, 0.25) is 11.9 Å². The summed E-state index contributed by atoms with van der Waals surface area (Å²) >= 11 is 0. The number of nitrogens with one attached hydrogen (secondary N) is 1. The van der Waals surface area contributed by atoms with Crippen LogP contribution in [-0.2, 0) is 11.3 Å². The largest absolute Gasteiger partial charge is 0.497 e. The van der Waals surface area contributed by atoms with Gasteiger partial charge < -0.3 is 9.64 Å². The van der Waals surface area contributed by atoms with Crippen molar-refractivity contribution in [1.29, 1.82) is 0 Å². The van der Waals surface area contributed by atoms with Gasteiger partial charge in [-0.05, 0) is 73.2 Å². The predicted octanol–water partition coefficient (Wildman–Crippen LogP) is 6.28. The highest BCUT2D eigenvalue weighted by Gasteiger charge is 2.21. The summed E-state index contributed by atoms with van der Waals surface area (Å²) in [5, 5.41) is 2.90. The second-order valence-corrected chi connectivity index (χ2v) is 9.59. The molecule has 2 amide bonds. The molecule has 1 N–H and O–H groups in total. The maximum atomic E-state index is 13.5. The standard InChI is InChI=1S/C33H29FN4O3/c1-23-8-16-28(17-9-23)38-21-30(25-12-18-29(41-2)19-13-25)35-33(38)36-31(39)22-37(20-24-6-4-3-5-7-24)32(40)26-10-14-27(34)15-11-26/h3-19,21H,20,22H2,1-2H3,(H,35,36,39). The molecule has 41 heavy (non-hydrogen) atoms. The van der Waals surface area contributed by atoms with E-state index in [4.69, 9.17) is 9.72 Å². The molecular formula is C33H29FN4O3. The molecular weight excluding hydrogens is 519 g/mol. The lowest BCUT2D eigenvalue weighted by molar-refractivity contribution is -0.117. The van der Waals surface area contributed by atoms with Gasteiger partial charge in [0.15, 0.2) is 0 Å². The van der Waals surface area contributed by atoms with Crippen LogP contribution in [0, 0.1) is 12.7 Å². The third-order valence-electron chi connectivity index (χ3n) is 6.58. The quantitative estimate of drug-likeness (QED) is 0.235. The van der Waals surface area contributed by atoms with E-state index in [1.807, 2.05) is 92.0 Å². The number of benzene rings is 4. The summed E-state index contributed by atoms with van der Waals surface area (Å²) in [6.45, 7) is 1.97. The first-order chi connectivity index (χ1) is 19.9. The first-order valence-corrected chi connectivity index (χ1v) is 13.1. The molecule has 0 aliphatic rings. The normalized spacial score (nSPS) is 10.7. The van der Waals surface area contributed by atoms with E-state index in [1.165, 1.54) is 29.2 Å². The number of hydrogen-bond acceptors (Lipinski definition) is 4. The molecule has 0 atom stereocenters. The maximum Gasteiger partial charge on any atom is 0.254 e. The fourth-order valence-corrected chi connectivity index (χ4v) is 4.39. The van der Waals surface area contributed by atoms with E-state index in [9.17, 15) is 14.0 Å². The molecule has 1 heterocycles. The van der Waals surface area contributed by atoms with Crippen molar-refractivity contribution >= 4 is 17.8 Å². The molecule has 0 radical (unpaired) electrons. The number of nitrogens with zero attached hydrogens (tertiary/aromatic N) is 3. The van der Waals surface area contributed by atoms with Gasteiger partial charge in [-0.15, -0.1) is 0 Å². The molecule has 206 valence electrons. The highest BCUT2D eigenvalue weighted by Crippen LogP contribution is 2.26. The number of ether oxygens (including phenoxy) is 1. The molecule has 0 bridgehead atoms. The second-order valence-electron chi connectivity index (χ2n) is 9.59. The third kappa shape index (κ3) is 6.67. The molecule has 5 rings (SSSR count). The van der Waals surface area contributed by atoms with Crippen molar-refractivity contribution < 1.29 is 18.7 Å². The van der Waals surface area contributed by atoms with Crippen molar-refractivity contribution in [2.75, 3.05) is 19.0 Å². The molecule has 4 aromatic carbocycles. The Morgan fingerprint density at radius 2 is 1.59 bits per heavy atom. The maximum absolute atomic E-state index is 13.5. The third-order valence-corrected chi connectivity index (χ3v) is 6.58. The zero-order valence-corrected chi connectivity index (χ0v) is 22.8. The average Bonchev–Trinajstić information content (AvgIpc) is 3.41. The van der Waals surface area contributed by atoms with Gasteiger partial charge >= 0.3 is 0 Å². The summed E-state index contributed by atoms with van der Waals surface area (Å²) < 4.78 is 20.6. The topological polar surface area (TPSA) is 76.5 Å². The van der Waals surface area contributed by atoms with Crippen molar-refractivity contribution in [3.63, 3.8) is 0 Å². The SMILES string of the molecule is COc1ccc(-c2cn(-c3ccc(C)cc3)c(NC(=O)CN(Cc3ccccc3)C(=O)c3ccc(F)cc3)n2)cc1. The lowest BCUT2D eigenvalue weighted by atomic mass is 10.1. The highest BCUT2D eigenvalue weighted by atomic mass is 19.1. The number of anilines is 1. The van der Waals surface area contributed by atoms with Crippen LogP contribution in [0.3, 0.4) is 0 Å². The highest BCUT2D eigenvalue weighted by molar-refractivity contribution is 5.99. The summed E-state index contributed by atoms with van der Waals surface area (Å²) in [4.78, 5) is 33.0. The van der Waals surface area contributed by atoms with Crippen LogP contribution in [0.2, 0.25) is 0 Å². The minimum Gasteiger partial charge on any atom is -0.497 e. The van der Waals surface area contributed by atoms with Gasteiger partial charge in [0.25, 0.3) is 5.91 Å². The molecule has 0 unspecified atom stereocenters. The number of hydrogen-bond donors (Lipinski definition) is 1. The van der Waals surface area contributed by atoms with Gasteiger partial charge in [-0.2, -0.15) is 0 Å². The number of rotatable bonds is 9. The lowest BCUT2D eigenvalue weighted by Crippen LogP contribution is -2.38. The van der Waals surface area contributed by atoms with E-state index >= 15 is 0 Å². The van der Waals surface area contributed by atoms with E-state index in [2.05, 4.69) is 5.32 Å². The van der Waals surface area contributed by atoms with Crippen molar-refractivity contribution in [1.82, 2.24) is 14.5 Å². The van der Waals surface area contributed by atoms with Gasteiger partial charge in [0, 0.05) is 29.6 Å². The Morgan fingerprint density at radius 3 is 2.24 bits per heavy atom. The van der Waals surface area contributed by atoms with Crippen LogP contribution in [0.15, 0.2) is 109 Å². The minimum absolute atomic E-state index is 0.202. The molecule has 0 saturated heterocycles. The zero-order valence-electron chi connectivity index (χ0n) is 22.8. The number of amides is 2. The van der Waals surface area contributed by atoms with Gasteiger partial charge in [0.05, 0.1) is 12.8 Å². The Hall–Kier alpha value is -5.24. The molecule has 0 saturated carbocycles. The average molecular weight is 549 g/mol. The van der Waals surface area contributed by atoms with Crippen molar-refractivity contribution in [2.45, 2.75) is 13.5 Å². The number of carbonyl (C=O) groups excluding carboxylic acids is 2. The van der Waals surface area contributed by atoms with E-state index in [1.54, 1.807) is 11.7 Å². The molecule has 0 fully saturated rings. The fourth-order valence-electron chi connectivity index (χ4n) is 4.39.